The van der Waals surface area contributed by atoms with Crippen molar-refractivity contribution in [2.24, 2.45) is 17.8 Å². The molecular formula is C12H24. The second-order valence-corrected chi connectivity index (χ2v) is 4.37. The monoisotopic (exact) mass is 168 g/mol. The van der Waals surface area contributed by atoms with Crippen molar-refractivity contribution in [2.75, 3.05) is 0 Å². The Labute approximate surface area is 77.7 Å². The molecule has 72 valence electrons. The summed E-state index contributed by atoms with van der Waals surface area (Å²) in [4.78, 5) is 0. The lowest BCUT2D eigenvalue weighted by Crippen LogP contribution is -2.31. The first kappa shape index (κ1) is 10.1. The van der Waals surface area contributed by atoms with Crippen molar-refractivity contribution in [2.45, 2.75) is 59.3 Å². The fourth-order valence-corrected chi connectivity index (χ4v) is 2.84. The number of hydrogen-bond acceptors (Lipinski definition) is 0. The summed E-state index contributed by atoms with van der Waals surface area (Å²) in [6.45, 7) is 7.03. The fourth-order valence-electron chi connectivity index (χ4n) is 2.84. The van der Waals surface area contributed by atoms with Gasteiger partial charge in [0.2, 0.25) is 0 Å². The molecule has 0 aromatic rings. The first-order chi connectivity index (χ1) is 5.83. The highest BCUT2D eigenvalue weighted by molar-refractivity contribution is 4.84. The summed E-state index contributed by atoms with van der Waals surface area (Å²) in [7, 11) is 0. The van der Waals surface area contributed by atoms with Crippen LogP contribution in [0.25, 0.3) is 0 Å². The van der Waals surface area contributed by atoms with Crippen molar-refractivity contribution >= 4 is 0 Å². The Morgan fingerprint density at radius 1 is 1.08 bits per heavy atom. The highest BCUT2D eigenvalue weighted by atomic mass is 14.4. The van der Waals surface area contributed by atoms with Gasteiger partial charge in [0.1, 0.15) is 0 Å². The van der Waals surface area contributed by atoms with E-state index in [2.05, 4.69) is 20.8 Å². The van der Waals surface area contributed by atoms with E-state index in [1.807, 2.05) is 0 Å². The Morgan fingerprint density at radius 3 is 2.08 bits per heavy atom. The van der Waals surface area contributed by atoms with E-state index in [1.165, 1.54) is 38.5 Å². The van der Waals surface area contributed by atoms with Gasteiger partial charge in [0.05, 0.1) is 0 Å². The molecule has 0 N–H and O–H groups in total. The quantitative estimate of drug-likeness (QED) is 0.575. The molecule has 0 heterocycles. The van der Waals surface area contributed by atoms with Crippen molar-refractivity contribution in [3.63, 3.8) is 0 Å². The predicted octanol–water partition coefficient (Wildman–Crippen LogP) is 4.25. The first-order valence-corrected chi connectivity index (χ1v) is 5.83. The second kappa shape index (κ2) is 4.89. The van der Waals surface area contributed by atoms with Crippen LogP contribution in [0.1, 0.15) is 59.3 Å². The van der Waals surface area contributed by atoms with Gasteiger partial charge in [-0.2, -0.15) is 0 Å². The molecular weight excluding hydrogens is 144 g/mol. The molecule has 0 amide bonds. The highest BCUT2D eigenvalue weighted by Crippen LogP contribution is 2.44. The third kappa shape index (κ3) is 2.02. The highest BCUT2D eigenvalue weighted by Gasteiger charge is 2.34. The van der Waals surface area contributed by atoms with Gasteiger partial charge in [-0.15, -0.1) is 0 Å². The SMILES string of the molecule is CCCC1CCC1C(CC)CC. The third-order valence-corrected chi connectivity index (χ3v) is 3.79. The maximum Gasteiger partial charge on any atom is -0.0358 e. The van der Waals surface area contributed by atoms with Crippen LogP contribution in [0.2, 0.25) is 0 Å². The third-order valence-electron chi connectivity index (χ3n) is 3.79. The van der Waals surface area contributed by atoms with Crippen molar-refractivity contribution in [1.82, 2.24) is 0 Å². The molecule has 1 aliphatic carbocycles. The molecule has 0 aliphatic heterocycles. The fraction of sp³-hybridized carbons (Fsp3) is 1.00. The molecule has 0 aromatic carbocycles. The van der Waals surface area contributed by atoms with Crippen LogP contribution in [-0.2, 0) is 0 Å². The Morgan fingerprint density at radius 2 is 1.75 bits per heavy atom. The summed E-state index contributed by atoms with van der Waals surface area (Å²) in [6.07, 6.45) is 8.73. The summed E-state index contributed by atoms with van der Waals surface area (Å²) in [6, 6.07) is 0. The summed E-state index contributed by atoms with van der Waals surface area (Å²) in [5.74, 6) is 3.23. The van der Waals surface area contributed by atoms with Crippen molar-refractivity contribution in [3.05, 3.63) is 0 Å². The van der Waals surface area contributed by atoms with Crippen molar-refractivity contribution in [3.8, 4) is 0 Å². The van der Waals surface area contributed by atoms with Crippen LogP contribution in [0, 0.1) is 17.8 Å². The molecule has 1 fully saturated rings. The average Bonchev–Trinajstić information content (AvgIpc) is 2.07. The molecule has 1 aliphatic rings. The van der Waals surface area contributed by atoms with E-state index in [0.717, 1.165) is 17.8 Å². The standard InChI is InChI=1S/C12H24/c1-4-7-11-8-9-12(11)10(5-2)6-3/h10-12H,4-9H2,1-3H3. The lowest BCUT2D eigenvalue weighted by molar-refractivity contribution is 0.0896. The molecule has 12 heavy (non-hydrogen) atoms. The summed E-state index contributed by atoms with van der Waals surface area (Å²) in [5.41, 5.74) is 0. The average molecular weight is 168 g/mol. The zero-order valence-electron chi connectivity index (χ0n) is 8.97. The molecule has 1 rings (SSSR count). The van der Waals surface area contributed by atoms with Gasteiger partial charge >= 0.3 is 0 Å². The van der Waals surface area contributed by atoms with Gasteiger partial charge in [-0.25, -0.2) is 0 Å². The Kier molecular flexibility index (Phi) is 4.11. The maximum absolute atomic E-state index is 2.36. The lowest BCUT2D eigenvalue weighted by atomic mass is 9.64. The smallest absolute Gasteiger partial charge is 0.0358 e. The second-order valence-electron chi connectivity index (χ2n) is 4.37. The lowest BCUT2D eigenvalue weighted by Gasteiger charge is -2.41. The van der Waals surface area contributed by atoms with Crippen LogP contribution in [0.3, 0.4) is 0 Å². The van der Waals surface area contributed by atoms with Gasteiger partial charge in [-0.1, -0.05) is 46.5 Å². The van der Waals surface area contributed by atoms with Gasteiger partial charge < -0.3 is 0 Å². The minimum Gasteiger partial charge on any atom is -0.0654 e. The molecule has 0 aromatic heterocycles. The molecule has 0 nitrogen and oxygen atoms in total. The van der Waals surface area contributed by atoms with Crippen molar-refractivity contribution < 1.29 is 0 Å². The minimum atomic E-state index is 1.04. The van der Waals surface area contributed by atoms with Crippen LogP contribution in [0.4, 0.5) is 0 Å². The molecule has 1 saturated carbocycles. The Balaban J connectivity index is 2.30. The molecule has 0 radical (unpaired) electrons. The molecule has 2 atom stereocenters. The number of rotatable bonds is 5. The predicted molar refractivity (Wildman–Crippen MR) is 55.2 cm³/mol. The summed E-state index contributed by atoms with van der Waals surface area (Å²) in [5, 5.41) is 0. The molecule has 0 spiro atoms. The zero-order chi connectivity index (χ0) is 8.97. The van der Waals surface area contributed by atoms with Crippen LogP contribution in [0.15, 0.2) is 0 Å². The minimum absolute atomic E-state index is 1.04. The first-order valence-electron chi connectivity index (χ1n) is 5.83. The largest absolute Gasteiger partial charge is 0.0654 e. The summed E-state index contributed by atoms with van der Waals surface area (Å²) >= 11 is 0. The van der Waals surface area contributed by atoms with E-state index in [-0.39, 0.29) is 0 Å². The summed E-state index contributed by atoms with van der Waals surface area (Å²) < 4.78 is 0. The molecule has 0 saturated heterocycles. The van der Waals surface area contributed by atoms with Crippen LogP contribution >= 0.6 is 0 Å². The van der Waals surface area contributed by atoms with E-state index in [1.54, 1.807) is 0 Å². The van der Waals surface area contributed by atoms with E-state index in [4.69, 9.17) is 0 Å². The van der Waals surface area contributed by atoms with Crippen LogP contribution < -0.4 is 0 Å². The zero-order valence-corrected chi connectivity index (χ0v) is 8.97. The maximum atomic E-state index is 2.36. The van der Waals surface area contributed by atoms with Crippen LogP contribution in [-0.4, -0.2) is 0 Å². The van der Waals surface area contributed by atoms with Crippen molar-refractivity contribution in [1.29, 1.82) is 0 Å². The normalized spacial score (nSPS) is 29.0. The van der Waals surface area contributed by atoms with Gasteiger partial charge in [0, 0.05) is 0 Å². The Hall–Kier alpha value is 0. The van der Waals surface area contributed by atoms with E-state index < -0.39 is 0 Å². The van der Waals surface area contributed by atoms with Crippen LogP contribution in [0.5, 0.6) is 0 Å². The molecule has 0 heteroatoms. The topological polar surface area (TPSA) is 0 Å². The molecule has 2 unspecified atom stereocenters. The van der Waals surface area contributed by atoms with Gasteiger partial charge in [-0.3, -0.25) is 0 Å². The van der Waals surface area contributed by atoms with Gasteiger partial charge in [0.25, 0.3) is 0 Å². The van der Waals surface area contributed by atoms with E-state index in [0.29, 0.717) is 0 Å². The number of hydrogen-bond donors (Lipinski definition) is 0. The van der Waals surface area contributed by atoms with E-state index in [9.17, 15) is 0 Å². The van der Waals surface area contributed by atoms with E-state index >= 15 is 0 Å². The van der Waals surface area contributed by atoms with Gasteiger partial charge in [-0.05, 0) is 30.6 Å². The molecule has 0 bridgehead atoms. The van der Waals surface area contributed by atoms with Gasteiger partial charge in [0.15, 0.2) is 0 Å². The Bertz CT molecular complexity index is 113.